The fourth-order valence-electron chi connectivity index (χ4n) is 2.33. The number of thiophene rings is 1. The fourth-order valence-corrected chi connectivity index (χ4v) is 4.36. The summed E-state index contributed by atoms with van der Waals surface area (Å²) in [5.41, 5.74) is 0. The van der Waals surface area contributed by atoms with Gasteiger partial charge in [0.1, 0.15) is 16.2 Å². The van der Waals surface area contributed by atoms with Crippen molar-refractivity contribution < 1.29 is 0 Å². The first kappa shape index (κ1) is 12.4. The molecule has 0 aromatic carbocycles. The SMILES string of the molecule is Cc1cc2c(SCC3CCCNC3)ncnc2s1. The van der Waals surface area contributed by atoms with Crippen LogP contribution in [0.5, 0.6) is 0 Å². The maximum absolute atomic E-state index is 4.44. The predicted octanol–water partition coefficient (Wildman–Crippen LogP) is 3.09. The van der Waals surface area contributed by atoms with E-state index in [1.54, 1.807) is 17.7 Å². The third-order valence-corrected chi connectivity index (χ3v) is 5.47. The molecule has 0 bridgehead atoms. The van der Waals surface area contributed by atoms with Gasteiger partial charge in [0.2, 0.25) is 0 Å². The van der Waals surface area contributed by atoms with Crippen LogP contribution in [0.2, 0.25) is 0 Å². The highest BCUT2D eigenvalue weighted by Crippen LogP contribution is 2.31. The van der Waals surface area contributed by atoms with Crippen molar-refractivity contribution in [3.05, 3.63) is 17.3 Å². The average Bonchev–Trinajstić information content (AvgIpc) is 2.78. The van der Waals surface area contributed by atoms with Crippen molar-refractivity contribution in [1.82, 2.24) is 15.3 Å². The molecule has 0 radical (unpaired) electrons. The number of aryl methyl sites for hydroxylation is 1. The number of fused-ring (bicyclic) bond motifs is 1. The Bertz CT molecular complexity index is 532. The number of aromatic nitrogens is 2. The van der Waals surface area contributed by atoms with Gasteiger partial charge in [-0.3, -0.25) is 0 Å². The zero-order chi connectivity index (χ0) is 12.4. The lowest BCUT2D eigenvalue weighted by atomic mass is 10.0. The second-order valence-corrected chi connectivity index (χ2v) is 7.02. The van der Waals surface area contributed by atoms with Gasteiger partial charge in [0.05, 0.1) is 0 Å². The van der Waals surface area contributed by atoms with Gasteiger partial charge in [-0.15, -0.1) is 23.1 Å². The second-order valence-electron chi connectivity index (χ2n) is 4.78. The summed E-state index contributed by atoms with van der Waals surface area (Å²) in [5, 5.41) is 5.85. The zero-order valence-electron chi connectivity index (χ0n) is 10.5. The highest BCUT2D eigenvalue weighted by Gasteiger charge is 2.15. The molecule has 2 aromatic heterocycles. The van der Waals surface area contributed by atoms with E-state index in [0.717, 1.165) is 28.1 Å². The number of piperidine rings is 1. The molecular formula is C13H17N3S2. The molecule has 3 rings (SSSR count). The Kier molecular flexibility index (Phi) is 3.82. The van der Waals surface area contributed by atoms with Gasteiger partial charge in [-0.05, 0) is 44.8 Å². The van der Waals surface area contributed by atoms with Crippen molar-refractivity contribution in [1.29, 1.82) is 0 Å². The topological polar surface area (TPSA) is 37.8 Å². The van der Waals surface area contributed by atoms with E-state index in [4.69, 9.17) is 0 Å². The van der Waals surface area contributed by atoms with Crippen LogP contribution in [-0.2, 0) is 0 Å². The van der Waals surface area contributed by atoms with Gasteiger partial charge in [-0.2, -0.15) is 0 Å². The number of nitrogens with one attached hydrogen (secondary N) is 1. The lowest BCUT2D eigenvalue weighted by Crippen LogP contribution is -2.30. The zero-order valence-corrected chi connectivity index (χ0v) is 12.1. The molecule has 1 saturated heterocycles. The van der Waals surface area contributed by atoms with Crippen molar-refractivity contribution in [2.75, 3.05) is 18.8 Å². The molecule has 1 aliphatic rings. The van der Waals surface area contributed by atoms with E-state index >= 15 is 0 Å². The molecule has 5 heteroatoms. The highest BCUT2D eigenvalue weighted by molar-refractivity contribution is 7.99. The van der Waals surface area contributed by atoms with E-state index in [2.05, 4.69) is 28.3 Å². The average molecular weight is 279 g/mol. The van der Waals surface area contributed by atoms with Gasteiger partial charge in [0.15, 0.2) is 0 Å². The molecule has 1 N–H and O–H groups in total. The van der Waals surface area contributed by atoms with Crippen LogP contribution in [0.4, 0.5) is 0 Å². The van der Waals surface area contributed by atoms with Gasteiger partial charge < -0.3 is 5.32 Å². The summed E-state index contributed by atoms with van der Waals surface area (Å²) >= 11 is 3.64. The predicted molar refractivity (Wildman–Crippen MR) is 78.5 cm³/mol. The molecule has 0 aliphatic carbocycles. The molecule has 1 aliphatic heterocycles. The van der Waals surface area contributed by atoms with Crippen molar-refractivity contribution in [3.8, 4) is 0 Å². The largest absolute Gasteiger partial charge is 0.316 e. The lowest BCUT2D eigenvalue weighted by Gasteiger charge is -2.21. The smallest absolute Gasteiger partial charge is 0.128 e. The third kappa shape index (κ3) is 2.68. The fraction of sp³-hybridized carbons (Fsp3) is 0.538. The standard InChI is InChI=1S/C13H17N3S2/c1-9-5-11-12(15-8-16-13(11)18-9)17-7-10-3-2-4-14-6-10/h5,8,10,14H,2-4,6-7H2,1H3. The van der Waals surface area contributed by atoms with Crippen molar-refractivity contribution >= 4 is 33.3 Å². The number of rotatable bonds is 3. The molecule has 2 aromatic rings. The quantitative estimate of drug-likeness (QED) is 0.692. The van der Waals surface area contributed by atoms with Crippen LogP contribution in [0.1, 0.15) is 17.7 Å². The Morgan fingerprint density at radius 1 is 1.50 bits per heavy atom. The summed E-state index contributed by atoms with van der Waals surface area (Å²) in [6.07, 6.45) is 4.35. The molecule has 1 atom stereocenters. The Balaban J connectivity index is 1.73. The molecule has 3 heterocycles. The number of hydrogen-bond donors (Lipinski definition) is 1. The van der Waals surface area contributed by atoms with Crippen molar-refractivity contribution in [2.24, 2.45) is 5.92 Å². The summed E-state index contributed by atoms with van der Waals surface area (Å²) in [7, 11) is 0. The summed E-state index contributed by atoms with van der Waals surface area (Å²) in [4.78, 5) is 11.2. The maximum Gasteiger partial charge on any atom is 0.128 e. The Labute approximate surface area is 115 Å². The molecule has 1 unspecified atom stereocenters. The van der Waals surface area contributed by atoms with E-state index in [9.17, 15) is 0 Å². The van der Waals surface area contributed by atoms with Crippen LogP contribution in [0.25, 0.3) is 10.2 Å². The van der Waals surface area contributed by atoms with Crippen LogP contribution in [0.15, 0.2) is 17.4 Å². The molecule has 0 saturated carbocycles. The van der Waals surface area contributed by atoms with Gasteiger partial charge in [0, 0.05) is 16.0 Å². The molecule has 0 spiro atoms. The minimum Gasteiger partial charge on any atom is -0.316 e. The minimum atomic E-state index is 0.786. The van der Waals surface area contributed by atoms with Gasteiger partial charge >= 0.3 is 0 Å². The van der Waals surface area contributed by atoms with E-state index in [-0.39, 0.29) is 0 Å². The summed E-state index contributed by atoms with van der Waals surface area (Å²) in [5.74, 6) is 1.95. The van der Waals surface area contributed by atoms with Gasteiger partial charge in [-0.25, -0.2) is 9.97 Å². The number of hydrogen-bond acceptors (Lipinski definition) is 5. The Morgan fingerprint density at radius 3 is 3.28 bits per heavy atom. The van der Waals surface area contributed by atoms with Gasteiger partial charge in [0.25, 0.3) is 0 Å². The molecular weight excluding hydrogens is 262 g/mol. The maximum atomic E-state index is 4.44. The third-order valence-electron chi connectivity index (χ3n) is 3.27. The number of thioether (sulfide) groups is 1. The summed E-state index contributed by atoms with van der Waals surface area (Å²) in [6.45, 7) is 4.47. The van der Waals surface area contributed by atoms with E-state index in [1.165, 1.54) is 29.6 Å². The lowest BCUT2D eigenvalue weighted by molar-refractivity contribution is 0.410. The second kappa shape index (κ2) is 5.55. The van der Waals surface area contributed by atoms with E-state index in [1.807, 2.05) is 11.8 Å². The summed E-state index contributed by atoms with van der Waals surface area (Å²) in [6, 6.07) is 2.21. The van der Waals surface area contributed by atoms with Crippen LogP contribution >= 0.6 is 23.1 Å². The molecule has 1 fully saturated rings. The molecule has 3 nitrogen and oxygen atoms in total. The van der Waals surface area contributed by atoms with Crippen LogP contribution in [-0.4, -0.2) is 28.8 Å². The summed E-state index contributed by atoms with van der Waals surface area (Å²) < 4.78 is 0. The normalized spacial score (nSPS) is 20.4. The Morgan fingerprint density at radius 2 is 2.44 bits per heavy atom. The molecule has 0 amide bonds. The Hall–Kier alpha value is -0.650. The van der Waals surface area contributed by atoms with Crippen LogP contribution in [0.3, 0.4) is 0 Å². The number of nitrogens with zero attached hydrogens (tertiary/aromatic N) is 2. The minimum absolute atomic E-state index is 0.786. The van der Waals surface area contributed by atoms with Crippen LogP contribution in [0, 0.1) is 12.8 Å². The first-order valence-corrected chi connectivity index (χ1v) is 8.18. The molecule has 96 valence electrons. The van der Waals surface area contributed by atoms with E-state index in [0.29, 0.717) is 0 Å². The van der Waals surface area contributed by atoms with Crippen molar-refractivity contribution in [3.63, 3.8) is 0 Å². The van der Waals surface area contributed by atoms with Crippen LogP contribution < -0.4 is 5.32 Å². The van der Waals surface area contributed by atoms with E-state index < -0.39 is 0 Å². The monoisotopic (exact) mass is 279 g/mol. The first-order valence-electron chi connectivity index (χ1n) is 6.37. The molecule has 18 heavy (non-hydrogen) atoms. The van der Waals surface area contributed by atoms with Gasteiger partial charge in [-0.1, -0.05) is 0 Å². The highest BCUT2D eigenvalue weighted by atomic mass is 32.2. The first-order chi connectivity index (χ1) is 8.83. The van der Waals surface area contributed by atoms with Crippen molar-refractivity contribution in [2.45, 2.75) is 24.8 Å².